The van der Waals surface area contributed by atoms with Crippen LogP contribution < -0.4 is 0 Å². The van der Waals surface area contributed by atoms with E-state index in [1.165, 1.54) is 51.4 Å². The van der Waals surface area contributed by atoms with Crippen molar-refractivity contribution < 1.29 is 0 Å². The SMILES string of the molecule is Clc1nc(Cl)c2c(n1)CCCCCCCCCC2. The molecule has 0 spiro atoms. The molecule has 0 radical (unpaired) electrons. The van der Waals surface area contributed by atoms with Gasteiger partial charge >= 0.3 is 0 Å². The van der Waals surface area contributed by atoms with Crippen LogP contribution in [0.5, 0.6) is 0 Å². The number of rotatable bonds is 0. The molecule has 1 aliphatic rings. The number of fused-ring (bicyclic) bond motifs is 1. The molecule has 2 rings (SSSR count). The van der Waals surface area contributed by atoms with Gasteiger partial charge < -0.3 is 0 Å². The van der Waals surface area contributed by atoms with Gasteiger partial charge in [-0.2, -0.15) is 0 Å². The summed E-state index contributed by atoms with van der Waals surface area (Å²) >= 11 is 12.1. The molecule has 2 nitrogen and oxygen atoms in total. The molecule has 1 aliphatic carbocycles. The van der Waals surface area contributed by atoms with Crippen LogP contribution in [0.4, 0.5) is 0 Å². The second-order valence-electron chi connectivity index (χ2n) is 5.04. The molecule has 100 valence electrons. The molecule has 1 aromatic rings. The maximum Gasteiger partial charge on any atom is 0.224 e. The number of halogens is 2. The molecular formula is C14H20Cl2N2. The Morgan fingerprint density at radius 2 is 1.22 bits per heavy atom. The first kappa shape index (κ1) is 14.1. The Labute approximate surface area is 119 Å². The number of hydrogen-bond donors (Lipinski definition) is 0. The zero-order chi connectivity index (χ0) is 12.8. The number of hydrogen-bond acceptors (Lipinski definition) is 2. The lowest BCUT2D eigenvalue weighted by Gasteiger charge is -2.12. The van der Waals surface area contributed by atoms with Crippen LogP contribution in [0.15, 0.2) is 0 Å². The largest absolute Gasteiger partial charge is 0.224 e. The van der Waals surface area contributed by atoms with Crippen LogP contribution in [0.1, 0.15) is 62.6 Å². The fraction of sp³-hybridized carbons (Fsp3) is 0.714. The summed E-state index contributed by atoms with van der Waals surface area (Å²) in [5.74, 6) is 0. The summed E-state index contributed by atoms with van der Waals surface area (Å²) in [5.41, 5.74) is 2.20. The first-order valence-electron chi connectivity index (χ1n) is 6.98. The molecule has 0 N–H and O–H groups in total. The van der Waals surface area contributed by atoms with Crippen molar-refractivity contribution in [1.82, 2.24) is 9.97 Å². The van der Waals surface area contributed by atoms with Crippen LogP contribution in [-0.2, 0) is 12.8 Å². The van der Waals surface area contributed by atoms with Gasteiger partial charge in [0.15, 0.2) is 0 Å². The molecule has 1 aromatic heterocycles. The Kier molecular flexibility index (Phi) is 5.71. The molecule has 18 heavy (non-hydrogen) atoms. The van der Waals surface area contributed by atoms with Crippen molar-refractivity contribution in [3.05, 3.63) is 21.7 Å². The van der Waals surface area contributed by atoms with Gasteiger partial charge in [0.05, 0.1) is 5.69 Å². The first-order chi connectivity index (χ1) is 8.77. The van der Waals surface area contributed by atoms with Gasteiger partial charge in [0.2, 0.25) is 5.28 Å². The Bertz CT molecular complexity index is 394. The molecule has 0 unspecified atom stereocenters. The Balaban J connectivity index is 2.15. The summed E-state index contributed by atoms with van der Waals surface area (Å²) in [4.78, 5) is 8.45. The smallest absolute Gasteiger partial charge is 0.223 e. The average Bonchev–Trinajstić information content (AvgIpc) is 2.31. The van der Waals surface area contributed by atoms with E-state index >= 15 is 0 Å². The fourth-order valence-electron chi connectivity index (χ4n) is 2.58. The van der Waals surface area contributed by atoms with E-state index in [4.69, 9.17) is 23.2 Å². The van der Waals surface area contributed by atoms with Crippen molar-refractivity contribution in [3.63, 3.8) is 0 Å². The van der Waals surface area contributed by atoms with E-state index in [0.717, 1.165) is 24.1 Å². The monoisotopic (exact) mass is 286 g/mol. The van der Waals surface area contributed by atoms with E-state index in [1.807, 2.05) is 0 Å². The number of aromatic nitrogens is 2. The van der Waals surface area contributed by atoms with Crippen molar-refractivity contribution in [2.24, 2.45) is 0 Å². The molecular weight excluding hydrogens is 267 g/mol. The van der Waals surface area contributed by atoms with E-state index in [-0.39, 0.29) is 5.28 Å². The second-order valence-corrected chi connectivity index (χ2v) is 5.73. The number of nitrogens with zero attached hydrogens (tertiary/aromatic N) is 2. The third-order valence-electron chi connectivity index (χ3n) is 3.61. The molecule has 0 amide bonds. The van der Waals surface area contributed by atoms with Crippen LogP contribution in [-0.4, -0.2) is 9.97 Å². The van der Waals surface area contributed by atoms with E-state index in [1.54, 1.807) is 0 Å². The van der Waals surface area contributed by atoms with Gasteiger partial charge in [0, 0.05) is 5.56 Å². The standard InChI is InChI=1S/C14H20Cl2N2/c15-13-11-9-7-5-3-1-2-4-6-8-10-12(11)17-14(16)18-13/h1-10H2. The van der Waals surface area contributed by atoms with E-state index < -0.39 is 0 Å². The van der Waals surface area contributed by atoms with Crippen molar-refractivity contribution in [3.8, 4) is 0 Å². The summed E-state index contributed by atoms with van der Waals surface area (Å²) < 4.78 is 0. The zero-order valence-electron chi connectivity index (χ0n) is 10.7. The molecule has 0 saturated heterocycles. The molecule has 0 bridgehead atoms. The minimum absolute atomic E-state index is 0.283. The highest BCUT2D eigenvalue weighted by atomic mass is 35.5. The van der Waals surface area contributed by atoms with Gasteiger partial charge in [-0.15, -0.1) is 0 Å². The summed E-state index contributed by atoms with van der Waals surface area (Å²) in [6.07, 6.45) is 12.3. The lowest BCUT2D eigenvalue weighted by Crippen LogP contribution is -2.03. The quantitative estimate of drug-likeness (QED) is 0.495. The summed E-state index contributed by atoms with van der Waals surface area (Å²) in [6, 6.07) is 0. The Morgan fingerprint density at radius 3 is 1.89 bits per heavy atom. The lowest BCUT2D eigenvalue weighted by atomic mass is 9.99. The lowest BCUT2D eigenvalue weighted by molar-refractivity contribution is 0.556. The van der Waals surface area contributed by atoms with Crippen LogP contribution in [0, 0.1) is 0 Å². The van der Waals surface area contributed by atoms with E-state index in [2.05, 4.69) is 9.97 Å². The predicted molar refractivity (Wildman–Crippen MR) is 76.4 cm³/mol. The zero-order valence-corrected chi connectivity index (χ0v) is 12.2. The fourth-order valence-corrected chi connectivity index (χ4v) is 3.09. The molecule has 0 saturated carbocycles. The molecule has 1 heterocycles. The van der Waals surface area contributed by atoms with Crippen molar-refractivity contribution in [1.29, 1.82) is 0 Å². The van der Waals surface area contributed by atoms with Crippen LogP contribution >= 0.6 is 23.2 Å². The molecule has 0 aliphatic heterocycles. The molecule has 0 fully saturated rings. The molecule has 0 aromatic carbocycles. The summed E-state index contributed by atoms with van der Waals surface area (Å²) in [6.45, 7) is 0. The summed E-state index contributed by atoms with van der Waals surface area (Å²) in [7, 11) is 0. The third kappa shape index (κ3) is 4.10. The van der Waals surface area contributed by atoms with Crippen LogP contribution in [0.25, 0.3) is 0 Å². The highest BCUT2D eigenvalue weighted by Crippen LogP contribution is 2.24. The van der Waals surface area contributed by atoms with Crippen LogP contribution in [0.2, 0.25) is 10.4 Å². The van der Waals surface area contributed by atoms with Gasteiger partial charge in [-0.3, -0.25) is 0 Å². The topological polar surface area (TPSA) is 25.8 Å². The predicted octanol–water partition coefficient (Wildman–Crippen LogP) is 5.00. The minimum Gasteiger partial charge on any atom is -0.223 e. The highest BCUT2D eigenvalue weighted by molar-refractivity contribution is 6.32. The second kappa shape index (κ2) is 7.30. The van der Waals surface area contributed by atoms with Gasteiger partial charge in [0.25, 0.3) is 0 Å². The van der Waals surface area contributed by atoms with Crippen molar-refractivity contribution in [2.75, 3.05) is 0 Å². The normalized spacial score (nSPS) is 18.6. The molecule has 0 atom stereocenters. The maximum atomic E-state index is 6.20. The van der Waals surface area contributed by atoms with Crippen molar-refractivity contribution in [2.45, 2.75) is 64.2 Å². The van der Waals surface area contributed by atoms with E-state index in [9.17, 15) is 0 Å². The van der Waals surface area contributed by atoms with Gasteiger partial charge in [-0.05, 0) is 37.3 Å². The molecule has 4 heteroatoms. The van der Waals surface area contributed by atoms with Crippen LogP contribution in [0.3, 0.4) is 0 Å². The van der Waals surface area contributed by atoms with Gasteiger partial charge in [0.1, 0.15) is 5.15 Å². The third-order valence-corrected chi connectivity index (χ3v) is 4.09. The number of aryl methyl sites for hydroxylation is 1. The van der Waals surface area contributed by atoms with Gasteiger partial charge in [-0.1, -0.05) is 50.1 Å². The van der Waals surface area contributed by atoms with Crippen molar-refractivity contribution >= 4 is 23.2 Å². The average molecular weight is 287 g/mol. The Hall–Kier alpha value is -0.340. The highest BCUT2D eigenvalue weighted by Gasteiger charge is 2.12. The maximum absolute atomic E-state index is 6.20. The van der Waals surface area contributed by atoms with E-state index in [0.29, 0.717) is 5.15 Å². The van der Waals surface area contributed by atoms with Gasteiger partial charge in [-0.25, -0.2) is 9.97 Å². The summed E-state index contributed by atoms with van der Waals surface area (Å²) in [5, 5.41) is 0.841. The minimum atomic E-state index is 0.283. The Morgan fingerprint density at radius 1 is 0.667 bits per heavy atom. The first-order valence-corrected chi connectivity index (χ1v) is 7.74.